The van der Waals surface area contributed by atoms with Gasteiger partial charge in [0.1, 0.15) is 0 Å². The lowest BCUT2D eigenvalue weighted by Crippen LogP contribution is -2.18. The fourth-order valence-corrected chi connectivity index (χ4v) is 2.20. The number of carboxylic acid groups (broad SMARTS) is 1. The van der Waals surface area contributed by atoms with Crippen LogP contribution in [0.25, 0.3) is 0 Å². The molecule has 1 aromatic rings. The Bertz CT molecular complexity index is 341. The lowest BCUT2D eigenvalue weighted by atomic mass is 10.2. The highest BCUT2D eigenvalue weighted by Gasteiger charge is 2.09. The molecule has 5 nitrogen and oxygen atoms in total. The maximum Gasteiger partial charge on any atom is 0.337 e. The van der Waals surface area contributed by atoms with Crippen molar-refractivity contribution in [1.82, 2.24) is 10.3 Å². The topological polar surface area (TPSA) is 85.3 Å². The lowest BCUT2D eigenvalue weighted by molar-refractivity contribution is 0.0695. The second-order valence-corrected chi connectivity index (χ2v) is 4.77. The standard InChI is InChI=1S/C11H18N2O3S/c14-5-1-6-17-7-4-12-8-10-9(11(15)16)2-3-13-10/h2-3,12-14H,1,4-8H2,(H,15,16). The maximum absolute atomic E-state index is 10.8. The molecule has 0 radical (unpaired) electrons. The summed E-state index contributed by atoms with van der Waals surface area (Å²) in [5.41, 5.74) is 1.03. The number of aromatic amines is 1. The highest BCUT2D eigenvalue weighted by molar-refractivity contribution is 7.99. The minimum Gasteiger partial charge on any atom is -0.478 e. The fraction of sp³-hybridized carbons (Fsp3) is 0.545. The van der Waals surface area contributed by atoms with Gasteiger partial charge in [-0.05, 0) is 18.2 Å². The van der Waals surface area contributed by atoms with Gasteiger partial charge in [-0.25, -0.2) is 4.79 Å². The number of hydrogen-bond donors (Lipinski definition) is 4. The van der Waals surface area contributed by atoms with Gasteiger partial charge in [0.25, 0.3) is 0 Å². The summed E-state index contributed by atoms with van der Waals surface area (Å²) in [6, 6.07) is 1.56. The number of aromatic carboxylic acids is 1. The van der Waals surface area contributed by atoms with Crippen molar-refractivity contribution in [3.05, 3.63) is 23.5 Å². The third-order valence-electron chi connectivity index (χ3n) is 2.23. The Morgan fingerprint density at radius 2 is 2.29 bits per heavy atom. The molecule has 0 spiro atoms. The molecule has 0 aliphatic heterocycles. The number of nitrogens with one attached hydrogen (secondary N) is 2. The maximum atomic E-state index is 10.8. The molecule has 0 aliphatic carbocycles. The molecule has 17 heavy (non-hydrogen) atoms. The van der Waals surface area contributed by atoms with Crippen LogP contribution in [0.3, 0.4) is 0 Å². The van der Waals surface area contributed by atoms with Gasteiger partial charge in [0, 0.05) is 37.3 Å². The summed E-state index contributed by atoms with van der Waals surface area (Å²) in [4.78, 5) is 13.7. The molecular weight excluding hydrogens is 240 g/mol. The van der Waals surface area contributed by atoms with Gasteiger partial charge >= 0.3 is 5.97 Å². The third-order valence-corrected chi connectivity index (χ3v) is 3.30. The zero-order chi connectivity index (χ0) is 12.5. The van der Waals surface area contributed by atoms with Crippen LogP contribution in [0.2, 0.25) is 0 Å². The molecule has 0 fully saturated rings. The van der Waals surface area contributed by atoms with Crippen molar-refractivity contribution >= 4 is 17.7 Å². The Labute approximate surface area is 105 Å². The van der Waals surface area contributed by atoms with Crippen molar-refractivity contribution in [2.45, 2.75) is 13.0 Å². The van der Waals surface area contributed by atoms with E-state index >= 15 is 0 Å². The zero-order valence-electron chi connectivity index (χ0n) is 9.61. The molecule has 0 bridgehead atoms. The molecule has 0 saturated carbocycles. The molecular formula is C11H18N2O3S. The van der Waals surface area contributed by atoms with E-state index in [1.807, 2.05) is 0 Å². The fourth-order valence-electron chi connectivity index (χ4n) is 1.38. The third kappa shape index (κ3) is 5.25. The minimum atomic E-state index is -0.902. The van der Waals surface area contributed by atoms with E-state index in [1.54, 1.807) is 24.0 Å². The van der Waals surface area contributed by atoms with Crippen LogP contribution >= 0.6 is 11.8 Å². The zero-order valence-corrected chi connectivity index (χ0v) is 10.4. The largest absolute Gasteiger partial charge is 0.478 e. The van der Waals surface area contributed by atoms with Gasteiger partial charge in [0.05, 0.1) is 5.56 Å². The molecule has 0 unspecified atom stereocenters. The first-order chi connectivity index (χ1) is 8.25. The van der Waals surface area contributed by atoms with Gasteiger partial charge in [-0.1, -0.05) is 0 Å². The molecule has 0 aliphatic rings. The van der Waals surface area contributed by atoms with Gasteiger partial charge in [0.2, 0.25) is 0 Å². The van der Waals surface area contributed by atoms with E-state index < -0.39 is 5.97 Å². The van der Waals surface area contributed by atoms with Gasteiger partial charge in [0.15, 0.2) is 0 Å². The SMILES string of the molecule is O=C(O)c1cc[nH]c1CNCCSCCCO. The molecule has 1 aromatic heterocycles. The van der Waals surface area contributed by atoms with Crippen LogP contribution in [0, 0.1) is 0 Å². The molecule has 0 saturated heterocycles. The average molecular weight is 258 g/mol. The van der Waals surface area contributed by atoms with Crippen LogP contribution in [0.1, 0.15) is 22.5 Å². The van der Waals surface area contributed by atoms with Gasteiger partial charge in [-0.15, -0.1) is 0 Å². The van der Waals surface area contributed by atoms with E-state index in [1.165, 1.54) is 0 Å². The molecule has 1 rings (SSSR count). The Morgan fingerprint density at radius 3 is 3.00 bits per heavy atom. The number of aliphatic hydroxyl groups excluding tert-OH is 1. The number of carbonyl (C=O) groups is 1. The smallest absolute Gasteiger partial charge is 0.337 e. The van der Waals surface area contributed by atoms with Crippen molar-refractivity contribution in [1.29, 1.82) is 0 Å². The Hall–Kier alpha value is -0.980. The summed E-state index contributed by atoms with van der Waals surface area (Å²) in [6.07, 6.45) is 2.46. The summed E-state index contributed by atoms with van der Waals surface area (Å²) < 4.78 is 0. The Kier molecular flexibility index (Phi) is 6.76. The van der Waals surface area contributed by atoms with Gasteiger partial charge in [-0.3, -0.25) is 0 Å². The van der Waals surface area contributed by atoms with Gasteiger partial charge < -0.3 is 20.5 Å². The van der Waals surface area contributed by atoms with Crippen molar-refractivity contribution in [2.24, 2.45) is 0 Å². The van der Waals surface area contributed by atoms with E-state index in [4.69, 9.17) is 10.2 Å². The summed E-state index contributed by atoms with van der Waals surface area (Å²) in [5.74, 6) is 1.02. The predicted molar refractivity (Wildman–Crippen MR) is 68.5 cm³/mol. The first-order valence-electron chi connectivity index (χ1n) is 5.54. The van der Waals surface area contributed by atoms with Crippen LogP contribution in [-0.4, -0.2) is 45.8 Å². The van der Waals surface area contributed by atoms with Crippen LogP contribution in [0.5, 0.6) is 0 Å². The average Bonchev–Trinajstić information content (AvgIpc) is 2.76. The van der Waals surface area contributed by atoms with Crippen LogP contribution < -0.4 is 5.32 Å². The van der Waals surface area contributed by atoms with E-state index in [-0.39, 0.29) is 6.61 Å². The monoisotopic (exact) mass is 258 g/mol. The number of thioether (sulfide) groups is 1. The molecule has 0 atom stereocenters. The first-order valence-corrected chi connectivity index (χ1v) is 6.70. The second-order valence-electron chi connectivity index (χ2n) is 3.54. The van der Waals surface area contributed by atoms with E-state index in [2.05, 4.69) is 10.3 Å². The highest BCUT2D eigenvalue weighted by Crippen LogP contribution is 2.06. The number of aliphatic hydroxyl groups is 1. The lowest BCUT2D eigenvalue weighted by Gasteiger charge is -2.04. The van der Waals surface area contributed by atoms with Crippen molar-refractivity contribution in [2.75, 3.05) is 24.7 Å². The van der Waals surface area contributed by atoms with E-state index in [0.717, 1.165) is 24.5 Å². The summed E-state index contributed by atoms with van der Waals surface area (Å²) in [7, 11) is 0. The van der Waals surface area contributed by atoms with E-state index in [9.17, 15) is 4.79 Å². The van der Waals surface area contributed by atoms with Crippen LogP contribution in [0.15, 0.2) is 12.3 Å². The second kappa shape index (κ2) is 8.16. The summed E-state index contributed by atoms with van der Waals surface area (Å²) in [5, 5.41) is 20.6. The Morgan fingerprint density at radius 1 is 1.47 bits per heavy atom. The normalized spacial score (nSPS) is 10.6. The van der Waals surface area contributed by atoms with E-state index in [0.29, 0.717) is 17.8 Å². The van der Waals surface area contributed by atoms with Crippen molar-refractivity contribution < 1.29 is 15.0 Å². The molecule has 6 heteroatoms. The molecule has 1 heterocycles. The number of rotatable bonds is 9. The molecule has 0 aromatic carbocycles. The number of aromatic nitrogens is 1. The molecule has 0 amide bonds. The quantitative estimate of drug-likeness (QED) is 0.495. The first kappa shape index (κ1) is 14.1. The molecule has 96 valence electrons. The van der Waals surface area contributed by atoms with Crippen LogP contribution in [0.4, 0.5) is 0 Å². The Balaban J connectivity index is 2.14. The summed E-state index contributed by atoms with van der Waals surface area (Å²) in [6.45, 7) is 1.61. The highest BCUT2D eigenvalue weighted by atomic mass is 32.2. The van der Waals surface area contributed by atoms with Crippen molar-refractivity contribution in [3.8, 4) is 0 Å². The van der Waals surface area contributed by atoms with Crippen molar-refractivity contribution in [3.63, 3.8) is 0 Å². The molecule has 4 N–H and O–H groups in total. The number of carboxylic acids is 1. The summed E-state index contributed by atoms with van der Waals surface area (Å²) >= 11 is 1.78. The number of hydrogen-bond acceptors (Lipinski definition) is 4. The minimum absolute atomic E-state index is 0.241. The predicted octanol–water partition coefficient (Wildman–Crippen LogP) is 0.918. The number of H-pyrrole nitrogens is 1. The van der Waals surface area contributed by atoms with Crippen LogP contribution in [-0.2, 0) is 6.54 Å². The van der Waals surface area contributed by atoms with Gasteiger partial charge in [-0.2, -0.15) is 11.8 Å².